The molecule has 0 nitrogen and oxygen atoms in total. The zero-order valence-corrected chi connectivity index (χ0v) is 12.1. The number of rotatable bonds is 2. The number of allylic oxidation sites excluding steroid dienone is 1. The third-order valence-corrected chi connectivity index (χ3v) is 4.77. The van der Waals surface area contributed by atoms with E-state index in [1.807, 2.05) is 0 Å². The van der Waals surface area contributed by atoms with Crippen LogP contribution in [0, 0.1) is 0 Å². The zero-order chi connectivity index (χ0) is 13.5. The zero-order valence-electron chi connectivity index (χ0n) is 11.4. The summed E-state index contributed by atoms with van der Waals surface area (Å²) in [5.74, 6) is 2.12. The van der Waals surface area contributed by atoms with Crippen LogP contribution in [0.3, 0.4) is 0 Å². The smallest absolute Gasteiger partial charge is 0.0258 e. The number of hydrogen-bond acceptors (Lipinski definition) is 0. The van der Waals surface area contributed by atoms with Crippen LogP contribution in [0.4, 0.5) is 0 Å². The van der Waals surface area contributed by atoms with E-state index < -0.39 is 0 Å². The third-order valence-electron chi connectivity index (χ3n) is 4.55. The number of fused-ring (bicyclic) bond motifs is 5. The molecule has 2 aromatic carbocycles. The molecule has 2 atom stereocenters. The Bertz CT molecular complexity index is 630. The molecular weight excluding hydrogens is 264 g/mol. The Morgan fingerprint density at radius 2 is 1.45 bits per heavy atom. The summed E-state index contributed by atoms with van der Waals surface area (Å²) < 4.78 is 0. The monoisotopic (exact) mass is 280 g/mol. The lowest BCUT2D eigenvalue weighted by molar-refractivity contribution is 1.03. The molecule has 0 radical (unpaired) electrons. The summed E-state index contributed by atoms with van der Waals surface area (Å²) in [4.78, 5) is 0. The van der Waals surface area contributed by atoms with E-state index in [4.69, 9.17) is 11.6 Å². The maximum absolute atomic E-state index is 5.91. The van der Waals surface area contributed by atoms with E-state index in [0.29, 0.717) is 17.7 Å². The predicted octanol–water partition coefficient (Wildman–Crippen LogP) is 5.33. The van der Waals surface area contributed by atoms with Gasteiger partial charge >= 0.3 is 0 Å². The summed E-state index contributed by atoms with van der Waals surface area (Å²) >= 11 is 5.91. The highest BCUT2D eigenvalue weighted by Crippen LogP contribution is 2.59. The van der Waals surface area contributed by atoms with E-state index >= 15 is 0 Å². The van der Waals surface area contributed by atoms with Crippen LogP contribution >= 0.6 is 11.6 Å². The first-order chi connectivity index (χ1) is 9.90. The highest BCUT2D eigenvalue weighted by atomic mass is 35.5. The van der Waals surface area contributed by atoms with Crippen molar-refractivity contribution < 1.29 is 0 Å². The molecule has 0 amide bonds. The minimum Gasteiger partial charge on any atom is -0.126 e. The molecule has 2 unspecified atom stereocenters. The van der Waals surface area contributed by atoms with Crippen molar-refractivity contribution in [1.82, 2.24) is 0 Å². The highest BCUT2D eigenvalue weighted by Gasteiger charge is 2.44. The van der Waals surface area contributed by atoms with Gasteiger partial charge in [0.25, 0.3) is 0 Å². The van der Waals surface area contributed by atoms with Crippen LogP contribution in [0.15, 0.2) is 54.6 Å². The standard InChI is InChI=1S/C19H17Cl/c20-11-5-10-15-13-6-1-3-8-16(13)18-12-19(18)17-9-4-2-7-14(15)17/h1-4,6-10,18-19H,5,11-12H2. The van der Waals surface area contributed by atoms with Gasteiger partial charge in [0.15, 0.2) is 0 Å². The van der Waals surface area contributed by atoms with Crippen molar-refractivity contribution in [2.75, 3.05) is 5.88 Å². The fraction of sp³-hybridized carbons (Fsp3) is 0.263. The van der Waals surface area contributed by atoms with Gasteiger partial charge in [0.1, 0.15) is 0 Å². The van der Waals surface area contributed by atoms with Crippen LogP contribution < -0.4 is 0 Å². The number of alkyl halides is 1. The Morgan fingerprint density at radius 3 is 2.00 bits per heavy atom. The lowest BCUT2D eigenvalue weighted by Crippen LogP contribution is -1.94. The Morgan fingerprint density at radius 1 is 0.900 bits per heavy atom. The van der Waals surface area contributed by atoms with Crippen molar-refractivity contribution in [3.05, 3.63) is 76.9 Å². The molecule has 1 heteroatoms. The van der Waals surface area contributed by atoms with Crippen LogP contribution in [-0.4, -0.2) is 5.88 Å². The predicted molar refractivity (Wildman–Crippen MR) is 85.4 cm³/mol. The third kappa shape index (κ3) is 1.83. The fourth-order valence-electron chi connectivity index (χ4n) is 3.58. The fourth-order valence-corrected chi connectivity index (χ4v) is 3.69. The largest absolute Gasteiger partial charge is 0.126 e. The average molecular weight is 281 g/mol. The molecule has 2 aliphatic carbocycles. The normalized spacial score (nSPS) is 22.4. The summed E-state index contributed by atoms with van der Waals surface area (Å²) in [5.41, 5.74) is 7.25. The second-order valence-electron chi connectivity index (χ2n) is 5.72. The Balaban J connectivity index is 1.97. The first-order valence-corrected chi connectivity index (χ1v) is 7.88. The first-order valence-electron chi connectivity index (χ1n) is 7.35. The second-order valence-corrected chi connectivity index (χ2v) is 6.10. The Labute approximate surface area is 125 Å². The average Bonchev–Trinajstić information content (AvgIpc) is 3.28. The Kier molecular flexibility index (Phi) is 2.93. The van der Waals surface area contributed by atoms with Crippen LogP contribution in [0.1, 0.15) is 46.9 Å². The summed E-state index contributed by atoms with van der Waals surface area (Å²) in [6, 6.07) is 17.8. The van der Waals surface area contributed by atoms with Crippen LogP contribution in [0.25, 0.3) is 5.57 Å². The molecule has 0 bridgehead atoms. The van der Waals surface area contributed by atoms with E-state index in [2.05, 4.69) is 54.6 Å². The molecular formula is C19H17Cl. The Hall–Kier alpha value is -1.53. The number of halogens is 1. The van der Waals surface area contributed by atoms with E-state index in [0.717, 1.165) is 6.42 Å². The van der Waals surface area contributed by atoms with Gasteiger partial charge in [-0.25, -0.2) is 0 Å². The molecule has 0 saturated heterocycles. The summed E-state index contributed by atoms with van der Waals surface area (Å²) in [6.45, 7) is 0. The summed E-state index contributed by atoms with van der Waals surface area (Å²) in [5, 5.41) is 0. The van der Waals surface area contributed by atoms with Crippen molar-refractivity contribution in [2.24, 2.45) is 0 Å². The first kappa shape index (κ1) is 12.2. The van der Waals surface area contributed by atoms with Crippen molar-refractivity contribution in [1.29, 1.82) is 0 Å². The summed E-state index contributed by atoms with van der Waals surface area (Å²) in [7, 11) is 0. The van der Waals surface area contributed by atoms with Crippen LogP contribution in [0.2, 0.25) is 0 Å². The molecule has 1 saturated carbocycles. The second kappa shape index (κ2) is 4.79. The molecule has 1 fully saturated rings. The quantitative estimate of drug-likeness (QED) is 0.652. The van der Waals surface area contributed by atoms with E-state index in [-0.39, 0.29) is 0 Å². The van der Waals surface area contributed by atoms with Gasteiger partial charge < -0.3 is 0 Å². The molecule has 4 rings (SSSR count). The van der Waals surface area contributed by atoms with Crippen molar-refractivity contribution in [3.63, 3.8) is 0 Å². The van der Waals surface area contributed by atoms with Gasteiger partial charge in [0.05, 0.1) is 0 Å². The van der Waals surface area contributed by atoms with Crippen molar-refractivity contribution in [3.8, 4) is 0 Å². The molecule has 2 aliphatic rings. The maximum atomic E-state index is 5.91. The number of benzene rings is 2. The SMILES string of the molecule is ClCCC=C1c2ccccc2C2CC2c2ccccc21. The van der Waals surface area contributed by atoms with Gasteiger partial charge in [-0.3, -0.25) is 0 Å². The van der Waals surface area contributed by atoms with Crippen LogP contribution in [-0.2, 0) is 0 Å². The van der Waals surface area contributed by atoms with Gasteiger partial charge in [-0.15, -0.1) is 11.6 Å². The topological polar surface area (TPSA) is 0 Å². The van der Waals surface area contributed by atoms with Gasteiger partial charge in [-0.2, -0.15) is 0 Å². The van der Waals surface area contributed by atoms with E-state index in [9.17, 15) is 0 Å². The molecule has 0 spiro atoms. The molecule has 100 valence electrons. The highest BCUT2D eigenvalue weighted by molar-refractivity contribution is 6.18. The van der Waals surface area contributed by atoms with E-state index in [1.165, 1.54) is 34.2 Å². The molecule has 20 heavy (non-hydrogen) atoms. The lowest BCUT2D eigenvalue weighted by Gasteiger charge is -2.13. The summed E-state index contributed by atoms with van der Waals surface area (Å²) in [6.07, 6.45) is 4.54. The van der Waals surface area contributed by atoms with Gasteiger partial charge in [0.2, 0.25) is 0 Å². The van der Waals surface area contributed by atoms with Crippen LogP contribution in [0.5, 0.6) is 0 Å². The van der Waals surface area contributed by atoms with Crippen molar-refractivity contribution in [2.45, 2.75) is 24.7 Å². The molecule has 0 aromatic heterocycles. The van der Waals surface area contributed by atoms with Gasteiger partial charge in [-0.05, 0) is 52.5 Å². The molecule has 0 N–H and O–H groups in total. The van der Waals surface area contributed by atoms with Gasteiger partial charge in [0, 0.05) is 5.88 Å². The number of hydrogen-bond donors (Lipinski definition) is 0. The molecule has 0 aliphatic heterocycles. The minimum atomic E-state index is 0.681. The molecule has 2 aromatic rings. The van der Waals surface area contributed by atoms with Crippen molar-refractivity contribution >= 4 is 17.2 Å². The van der Waals surface area contributed by atoms with Gasteiger partial charge in [-0.1, -0.05) is 54.6 Å². The minimum absolute atomic E-state index is 0.681. The maximum Gasteiger partial charge on any atom is 0.0258 e. The van der Waals surface area contributed by atoms with E-state index in [1.54, 1.807) is 0 Å². The molecule has 0 heterocycles. The lowest BCUT2D eigenvalue weighted by atomic mass is 9.91.